The molecular formula is C23H23N7O2. The monoisotopic (exact) mass is 429 g/mol. The van der Waals surface area contributed by atoms with E-state index in [0.29, 0.717) is 29.6 Å². The molecule has 1 atom stereocenters. The Kier molecular flexibility index (Phi) is 6.16. The molecule has 4 rings (SSSR count). The van der Waals surface area contributed by atoms with Crippen LogP contribution in [0, 0.1) is 0 Å². The average Bonchev–Trinajstić information content (AvgIpc) is 2.86. The number of aromatic nitrogens is 5. The lowest BCUT2D eigenvalue weighted by Gasteiger charge is -2.16. The van der Waals surface area contributed by atoms with Gasteiger partial charge < -0.3 is 15.4 Å². The van der Waals surface area contributed by atoms with E-state index in [4.69, 9.17) is 4.74 Å². The quantitative estimate of drug-likeness (QED) is 0.461. The van der Waals surface area contributed by atoms with Crippen molar-refractivity contribution in [2.45, 2.75) is 12.8 Å². The molecule has 0 fully saturated rings. The molecule has 0 saturated carbocycles. The van der Waals surface area contributed by atoms with Crippen LogP contribution >= 0.6 is 0 Å². The maximum absolute atomic E-state index is 12.2. The predicted octanol–water partition coefficient (Wildman–Crippen LogP) is 3.07. The second-order valence-electron chi connectivity index (χ2n) is 7.21. The summed E-state index contributed by atoms with van der Waals surface area (Å²) >= 11 is 0. The third-order valence-electron chi connectivity index (χ3n) is 5.17. The minimum Gasteiger partial charge on any atom is -0.467 e. The van der Waals surface area contributed by atoms with Gasteiger partial charge in [0.05, 0.1) is 23.9 Å². The number of ether oxygens (including phenoxy) is 1. The molecule has 1 aromatic carbocycles. The van der Waals surface area contributed by atoms with Crippen LogP contribution in [0.15, 0.2) is 55.2 Å². The molecule has 2 N–H and O–H groups in total. The normalized spacial score (nSPS) is 11.7. The van der Waals surface area contributed by atoms with E-state index < -0.39 is 0 Å². The number of carbonyl (C=O) groups is 1. The van der Waals surface area contributed by atoms with Gasteiger partial charge >= 0.3 is 6.01 Å². The fraction of sp³-hybridized carbons (Fsp3) is 0.217. The van der Waals surface area contributed by atoms with Crippen LogP contribution in [0.3, 0.4) is 0 Å². The van der Waals surface area contributed by atoms with E-state index >= 15 is 0 Å². The van der Waals surface area contributed by atoms with Gasteiger partial charge in [-0.15, -0.1) is 0 Å². The molecule has 0 aliphatic rings. The summed E-state index contributed by atoms with van der Waals surface area (Å²) in [7, 11) is 3.15. The highest BCUT2D eigenvalue weighted by Crippen LogP contribution is 2.27. The SMILES string of the molecule is CNC(=O)c1ccnc2c([C@H](C)CNc3cc(-c4cnc(OC)nc4)ncn3)cccc12. The zero-order chi connectivity index (χ0) is 22.5. The molecule has 0 saturated heterocycles. The Morgan fingerprint density at radius 3 is 2.66 bits per heavy atom. The van der Waals surface area contributed by atoms with Gasteiger partial charge in [0.1, 0.15) is 12.1 Å². The summed E-state index contributed by atoms with van der Waals surface area (Å²) in [6, 6.07) is 9.80. The number of methoxy groups -OCH3 is 1. The maximum atomic E-state index is 12.2. The van der Waals surface area contributed by atoms with Crippen molar-refractivity contribution in [2.75, 3.05) is 26.0 Å². The summed E-state index contributed by atoms with van der Waals surface area (Å²) in [5.74, 6) is 0.683. The third kappa shape index (κ3) is 4.31. The van der Waals surface area contributed by atoms with Gasteiger partial charge in [0, 0.05) is 55.1 Å². The highest BCUT2D eigenvalue weighted by Gasteiger charge is 2.15. The van der Waals surface area contributed by atoms with Crippen LogP contribution in [-0.4, -0.2) is 51.5 Å². The van der Waals surface area contributed by atoms with Gasteiger partial charge in [0.25, 0.3) is 5.91 Å². The van der Waals surface area contributed by atoms with Crippen LogP contribution in [0.25, 0.3) is 22.2 Å². The predicted molar refractivity (Wildman–Crippen MR) is 122 cm³/mol. The standard InChI is InChI=1S/C23H23N7O2/c1-14(16-5-4-6-17-18(22(31)24-2)7-8-25-21(16)17)10-26-20-9-19(29-13-30-20)15-11-27-23(32-3)28-12-15/h4-9,11-14H,10H2,1-3H3,(H,24,31)(H,26,29,30)/t14-/m1/s1. The van der Waals surface area contributed by atoms with E-state index in [2.05, 4.69) is 42.5 Å². The summed E-state index contributed by atoms with van der Waals surface area (Å²) in [4.78, 5) is 33.6. The number of hydrogen-bond donors (Lipinski definition) is 2. The maximum Gasteiger partial charge on any atom is 0.316 e. The first-order chi connectivity index (χ1) is 15.6. The first-order valence-electron chi connectivity index (χ1n) is 10.1. The Balaban J connectivity index is 1.53. The molecule has 4 aromatic rings. The second kappa shape index (κ2) is 9.34. The van der Waals surface area contributed by atoms with Gasteiger partial charge in [-0.1, -0.05) is 25.1 Å². The molecule has 0 aliphatic heterocycles. The lowest BCUT2D eigenvalue weighted by molar-refractivity contribution is 0.0964. The van der Waals surface area contributed by atoms with Gasteiger partial charge in [-0.3, -0.25) is 9.78 Å². The number of anilines is 1. The molecule has 1 amide bonds. The number of para-hydroxylation sites is 1. The van der Waals surface area contributed by atoms with Crippen molar-refractivity contribution >= 4 is 22.6 Å². The highest BCUT2D eigenvalue weighted by molar-refractivity contribution is 6.06. The minimum atomic E-state index is -0.128. The van der Waals surface area contributed by atoms with Crippen molar-refractivity contribution in [3.8, 4) is 17.3 Å². The number of nitrogens with one attached hydrogen (secondary N) is 2. The number of rotatable bonds is 7. The van der Waals surface area contributed by atoms with E-state index in [0.717, 1.165) is 22.0 Å². The van der Waals surface area contributed by atoms with Crippen molar-refractivity contribution in [1.82, 2.24) is 30.2 Å². The summed E-state index contributed by atoms with van der Waals surface area (Å²) < 4.78 is 5.00. The summed E-state index contributed by atoms with van der Waals surface area (Å²) in [5.41, 5.74) is 3.96. The molecule has 0 radical (unpaired) electrons. The largest absolute Gasteiger partial charge is 0.467 e. The molecule has 32 heavy (non-hydrogen) atoms. The Morgan fingerprint density at radius 2 is 1.91 bits per heavy atom. The van der Waals surface area contributed by atoms with Crippen LogP contribution in [0.4, 0.5) is 5.82 Å². The number of nitrogens with zero attached hydrogens (tertiary/aromatic N) is 5. The van der Waals surface area contributed by atoms with Crippen molar-refractivity contribution in [3.05, 3.63) is 66.4 Å². The van der Waals surface area contributed by atoms with Gasteiger partial charge in [-0.2, -0.15) is 0 Å². The van der Waals surface area contributed by atoms with Crippen LogP contribution in [0.5, 0.6) is 6.01 Å². The number of fused-ring (bicyclic) bond motifs is 1. The molecule has 0 spiro atoms. The fourth-order valence-corrected chi connectivity index (χ4v) is 3.46. The molecule has 3 heterocycles. The van der Waals surface area contributed by atoms with E-state index in [9.17, 15) is 4.79 Å². The smallest absolute Gasteiger partial charge is 0.316 e. The van der Waals surface area contributed by atoms with Crippen molar-refractivity contribution in [3.63, 3.8) is 0 Å². The third-order valence-corrected chi connectivity index (χ3v) is 5.17. The first kappa shape index (κ1) is 21.1. The number of pyridine rings is 1. The lowest BCUT2D eigenvalue weighted by Crippen LogP contribution is -2.18. The lowest BCUT2D eigenvalue weighted by atomic mass is 9.96. The Morgan fingerprint density at radius 1 is 1.09 bits per heavy atom. The molecule has 162 valence electrons. The Bertz CT molecular complexity index is 1240. The summed E-state index contributed by atoms with van der Waals surface area (Å²) in [6.07, 6.45) is 6.49. The van der Waals surface area contributed by atoms with Crippen molar-refractivity contribution in [2.24, 2.45) is 0 Å². The van der Waals surface area contributed by atoms with Gasteiger partial charge in [0.2, 0.25) is 0 Å². The molecule has 0 aliphatic carbocycles. The van der Waals surface area contributed by atoms with Gasteiger partial charge in [-0.05, 0) is 11.6 Å². The van der Waals surface area contributed by atoms with Crippen LogP contribution in [0.1, 0.15) is 28.8 Å². The molecule has 0 unspecified atom stereocenters. The average molecular weight is 429 g/mol. The Labute approximate surface area is 185 Å². The molecular weight excluding hydrogens is 406 g/mol. The molecule has 0 bridgehead atoms. The van der Waals surface area contributed by atoms with Crippen LogP contribution in [0.2, 0.25) is 0 Å². The zero-order valence-electron chi connectivity index (χ0n) is 18.0. The molecule has 9 nitrogen and oxygen atoms in total. The van der Waals surface area contributed by atoms with E-state index in [-0.39, 0.29) is 11.8 Å². The van der Waals surface area contributed by atoms with Crippen molar-refractivity contribution in [1.29, 1.82) is 0 Å². The topological polar surface area (TPSA) is 115 Å². The van der Waals surface area contributed by atoms with E-state index in [1.54, 1.807) is 31.7 Å². The van der Waals surface area contributed by atoms with Gasteiger partial charge in [0.15, 0.2) is 0 Å². The van der Waals surface area contributed by atoms with E-state index in [1.165, 1.54) is 13.4 Å². The summed E-state index contributed by atoms with van der Waals surface area (Å²) in [5, 5.41) is 6.88. The van der Waals surface area contributed by atoms with E-state index in [1.807, 2.05) is 24.3 Å². The fourth-order valence-electron chi connectivity index (χ4n) is 3.46. The number of carbonyl (C=O) groups excluding carboxylic acids is 1. The van der Waals surface area contributed by atoms with Crippen LogP contribution < -0.4 is 15.4 Å². The van der Waals surface area contributed by atoms with Crippen molar-refractivity contribution < 1.29 is 9.53 Å². The Hall–Kier alpha value is -4.14. The second-order valence-corrected chi connectivity index (χ2v) is 7.21. The number of benzene rings is 1. The summed E-state index contributed by atoms with van der Waals surface area (Å²) in [6.45, 7) is 2.73. The highest BCUT2D eigenvalue weighted by atomic mass is 16.5. The number of amides is 1. The molecule has 3 aromatic heterocycles. The van der Waals surface area contributed by atoms with Crippen LogP contribution in [-0.2, 0) is 0 Å². The van der Waals surface area contributed by atoms with Gasteiger partial charge in [-0.25, -0.2) is 19.9 Å². The zero-order valence-corrected chi connectivity index (χ0v) is 18.0. The first-order valence-corrected chi connectivity index (χ1v) is 10.1. The molecule has 9 heteroatoms. The number of hydrogen-bond acceptors (Lipinski definition) is 8. The minimum absolute atomic E-state index is 0.119.